The average Bonchev–Trinajstić information content (AvgIpc) is 2.40. The summed E-state index contributed by atoms with van der Waals surface area (Å²) in [6, 6.07) is 7.94. The lowest BCUT2D eigenvalue weighted by molar-refractivity contribution is 0.262. The van der Waals surface area contributed by atoms with Crippen LogP contribution in [0.3, 0.4) is 0 Å². The van der Waals surface area contributed by atoms with Gasteiger partial charge in [-0.2, -0.15) is 0 Å². The van der Waals surface area contributed by atoms with E-state index in [-0.39, 0.29) is 0 Å². The van der Waals surface area contributed by atoms with Crippen molar-refractivity contribution < 1.29 is 4.79 Å². The molecule has 0 aromatic heterocycles. The monoisotopic (exact) mass is 406 g/mol. The third-order valence-corrected chi connectivity index (χ3v) is 4.48. The second kappa shape index (κ2) is 6.88. The van der Waals surface area contributed by atoms with Gasteiger partial charge in [0.1, 0.15) is 0 Å². The first-order valence-corrected chi connectivity index (χ1v) is 7.78. The molecule has 2 amide bonds. The molecule has 0 aliphatic rings. The molecule has 0 heterocycles. The van der Waals surface area contributed by atoms with E-state index in [0.29, 0.717) is 26.4 Å². The Balaban J connectivity index is 2.11. The van der Waals surface area contributed by atoms with E-state index < -0.39 is 6.03 Å². The van der Waals surface area contributed by atoms with Crippen LogP contribution in [0, 0.1) is 6.92 Å². The number of aryl methyl sites for hydroxylation is 1. The van der Waals surface area contributed by atoms with Crippen molar-refractivity contribution in [3.63, 3.8) is 0 Å². The highest BCUT2D eigenvalue weighted by molar-refractivity contribution is 9.10. The van der Waals surface area contributed by atoms with Crippen molar-refractivity contribution in [2.45, 2.75) is 6.92 Å². The number of rotatable bonds is 2. The molecule has 3 nitrogen and oxygen atoms in total. The quantitative estimate of drug-likeness (QED) is 0.596. The molecule has 2 rings (SSSR count). The summed E-state index contributed by atoms with van der Waals surface area (Å²) in [4.78, 5) is 12.0. The molecule has 0 aliphatic carbocycles. The van der Waals surface area contributed by atoms with Gasteiger partial charge in [-0.3, -0.25) is 0 Å². The lowest BCUT2D eigenvalue weighted by atomic mass is 10.2. The summed E-state index contributed by atoms with van der Waals surface area (Å²) in [5.74, 6) is 0. The molecule has 0 saturated heterocycles. The van der Waals surface area contributed by atoms with E-state index in [0.717, 1.165) is 10.0 Å². The van der Waals surface area contributed by atoms with Gasteiger partial charge in [0.25, 0.3) is 0 Å². The molecule has 2 aromatic carbocycles. The van der Waals surface area contributed by atoms with Crippen LogP contribution in [0.15, 0.2) is 34.8 Å². The molecule has 0 spiro atoms. The summed E-state index contributed by atoms with van der Waals surface area (Å²) in [6.07, 6.45) is 0. The van der Waals surface area contributed by atoms with Crippen LogP contribution in [-0.2, 0) is 0 Å². The topological polar surface area (TPSA) is 41.1 Å². The van der Waals surface area contributed by atoms with E-state index in [1.807, 2.05) is 13.0 Å². The molecule has 0 atom stereocenters. The molecule has 0 unspecified atom stereocenters. The molecule has 0 fully saturated rings. The Hall–Kier alpha value is -0.940. The first-order chi connectivity index (χ1) is 9.86. The van der Waals surface area contributed by atoms with Gasteiger partial charge in [-0.1, -0.05) is 34.8 Å². The minimum Gasteiger partial charge on any atom is -0.308 e. The fourth-order valence-corrected chi connectivity index (χ4v) is 2.62. The molecular formula is C14H10BrCl3N2O. The maximum Gasteiger partial charge on any atom is 0.323 e. The smallest absolute Gasteiger partial charge is 0.308 e. The molecule has 7 heteroatoms. The number of hydrogen-bond acceptors (Lipinski definition) is 1. The number of urea groups is 1. The van der Waals surface area contributed by atoms with Crippen molar-refractivity contribution in [1.82, 2.24) is 0 Å². The van der Waals surface area contributed by atoms with Gasteiger partial charge in [-0.05, 0) is 58.7 Å². The molecule has 0 bridgehead atoms. The van der Waals surface area contributed by atoms with Crippen molar-refractivity contribution >= 4 is 68.1 Å². The molecule has 0 radical (unpaired) electrons. The highest BCUT2D eigenvalue weighted by Gasteiger charge is 2.09. The predicted molar refractivity (Wildman–Crippen MR) is 93.0 cm³/mol. The average molecular weight is 409 g/mol. The highest BCUT2D eigenvalue weighted by Crippen LogP contribution is 2.29. The van der Waals surface area contributed by atoms with Gasteiger partial charge in [0.2, 0.25) is 0 Å². The number of nitrogens with one attached hydrogen (secondary N) is 2. The summed E-state index contributed by atoms with van der Waals surface area (Å²) >= 11 is 21.1. The molecular weight excluding hydrogens is 398 g/mol. The van der Waals surface area contributed by atoms with E-state index in [4.69, 9.17) is 34.8 Å². The normalized spacial score (nSPS) is 10.3. The SMILES string of the molecule is Cc1cc(Br)c(NC(=O)Nc2ccc(Cl)c(Cl)c2)cc1Cl. The number of halogens is 4. The number of amides is 2. The predicted octanol–water partition coefficient (Wildman–Crippen LogP) is 6.36. The minimum absolute atomic E-state index is 0.369. The van der Waals surface area contributed by atoms with E-state index in [9.17, 15) is 4.79 Å². The lowest BCUT2D eigenvalue weighted by Crippen LogP contribution is -2.19. The van der Waals surface area contributed by atoms with Crippen LogP contribution in [0.25, 0.3) is 0 Å². The Morgan fingerprint density at radius 1 is 1.00 bits per heavy atom. The molecule has 0 saturated carbocycles. The van der Waals surface area contributed by atoms with Crippen LogP contribution in [0.2, 0.25) is 15.1 Å². The zero-order valence-corrected chi connectivity index (χ0v) is 14.7. The Labute approximate surface area is 145 Å². The van der Waals surface area contributed by atoms with Crippen LogP contribution >= 0.6 is 50.7 Å². The first-order valence-electron chi connectivity index (χ1n) is 5.85. The largest absolute Gasteiger partial charge is 0.323 e. The van der Waals surface area contributed by atoms with Crippen LogP contribution in [0.1, 0.15) is 5.56 Å². The number of benzene rings is 2. The van der Waals surface area contributed by atoms with Crippen LogP contribution in [0.4, 0.5) is 16.2 Å². The zero-order chi connectivity index (χ0) is 15.6. The van der Waals surface area contributed by atoms with Gasteiger partial charge in [0.05, 0.1) is 15.7 Å². The Morgan fingerprint density at radius 3 is 2.38 bits per heavy atom. The maximum absolute atomic E-state index is 12.0. The van der Waals surface area contributed by atoms with E-state index >= 15 is 0 Å². The number of anilines is 2. The van der Waals surface area contributed by atoms with Crippen LogP contribution < -0.4 is 10.6 Å². The van der Waals surface area contributed by atoms with Crippen molar-refractivity contribution in [2.24, 2.45) is 0 Å². The highest BCUT2D eigenvalue weighted by atomic mass is 79.9. The van der Waals surface area contributed by atoms with Gasteiger partial charge in [-0.25, -0.2) is 4.79 Å². The second-order valence-corrected chi connectivity index (χ2v) is 6.37. The number of carbonyl (C=O) groups excluding carboxylic acids is 1. The Morgan fingerprint density at radius 2 is 1.71 bits per heavy atom. The Kier molecular flexibility index (Phi) is 5.38. The summed E-state index contributed by atoms with van der Waals surface area (Å²) in [5, 5.41) is 6.73. The zero-order valence-electron chi connectivity index (χ0n) is 10.8. The fourth-order valence-electron chi connectivity index (χ4n) is 1.60. The van der Waals surface area contributed by atoms with Crippen molar-refractivity contribution in [3.8, 4) is 0 Å². The molecule has 2 aromatic rings. The van der Waals surface area contributed by atoms with Crippen LogP contribution in [0.5, 0.6) is 0 Å². The van der Waals surface area contributed by atoms with E-state index in [2.05, 4.69) is 26.6 Å². The van der Waals surface area contributed by atoms with Gasteiger partial charge in [-0.15, -0.1) is 0 Å². The van der Waals surface area contributed by atoms with Gasteiger partial charge in [0, 0.05) is 15.2 Å². The van der Waals surface area contributed by atoms with Gasteiger partial charge >= 0.3 is 6.03 Å². The van der Waals surface area contributed by atoms with Crippen LogP contribution in [-0.4, -0.2) is 6.03 Å². The third-order valence-electron chi connectivity index (χ3n) is 2.67. The van der Waals surface area contributed by atoms with Crippen molar-refractivity contribution in [2.75, 3.05) is 10.6 Å². The van der Waals surface area contributed by atoms with E-state index in [1.165, 1.54) is 0 Å². The number of hydrogen-bond donors (Lipinski definition) is 2. The molecule has 0 aliphatic heterocycles. The summed E-state index contributed by atoms with van der Waals surface area (Å²) in [5.41, 5.74) is 2.03. The van der Waals surface area contributed by atoms with E-state index in [1.54, 1.807) is 24.3 Å². The lowest BCUT2D eigenvalue weighted by Gasteiger charge is -2.11. The summed E-state index contributed by atoms with van der Waals surface area (Å²) in [7, 11) is 0. The summed E-state index contributed by atoms with van der Waals surface area (Å²) < 4.78 is 0.744. The second-order valence-electron chi connectivity index (χ2n) is 4.29. The van der Waals surface area contributed by atoms with Crippen molar-refractivity contribution in [1.29, 1.82) is 0 Å². The fraction of sp³-hybridized carbons (Fsp3) is 0.0714. The van der Waals surface area contributed by atoms with Gasteiger partial charge in [0.15, 0.2) is 0 Å². The third kappa shape index (κ3) is 4.27. The molecule has 110 valence electrons. The Bertz CT molecular complexity index is 707. The van der Waals surface area contributed by atoms with Gasteiger partial charge < -0.3 is 10.6 Å². The maximum atomic E-state index is 12.0. The number of carbonyl (C=O) groups is 1. The van der Waals surface area contributed by atoms with Crippen molar-refractivity contribution in [3.05, 3.63) is 55.4 Å². The standard InChI is InChI=1S/C14H10BrCl3N2O/c1-7-4-9(15)13(6-11(7)17)20-14(21)19-8-2-3-10(16)12(18)5-8/h2-6H,1H3,(H2,19,20,21). The molecule has 21 heavy (non-hydrogen) atoms. The molecule has 2 N–H and O–H groups in total. The first kappa shape index (κ1) is 16.4. The summed E-state index contributed by atoms with van der Waals surface area (Å²) in [6.45, 7) is 1.88. The minimum atomic E-state index is -0.408.